The summed E-state index contributed by atoms with van der Waals surface area (Å²) in [5.41, 5.74) is 0.701. The number of hydrogen-bond donors (Lipinski definition) is 1. The van der Waals surface area contributed by atoms with Crippen LogP contribution < -0.4 is 10.1 Å². The van der Waals surface area contributed by atoms with Crippen molar-refractivity contribution in [1.82, 2.24) is 4.90 Å². The molecule has 1 saturated heterocycles. The quantitative estimate of drug-likeness (QED) is 0.829. The number of amides is 2. The first-order chi connectivity index (χ1) is 12.0. The van der Waals surface area contributed by atoms with E-state index in [1.54, 1.807) is 18.2 Å². The second-order valence-electron chi connectivity index (χ2n) is 5.71. The molecule has 5 nitrogen and oxygen atoms in total. The number of nitrogens with one attached hydrogen (secondary N) is 1. The Labute approximate surface area is 152 Å². The average molecular weight is 407 g/mol. The zero-order chi connectivity index (χ0) is 17.8. The van der Waals surface area contributed by atoms with Crippen molar-refractivity contribution < 1.29 is 18.7 Å². The Morgan fingerprint density at radius 2 is 1.96 bits per heavy atom. The summed E-state index contributed by atoms with van der Waals surface area (Å²) in [6.07, 6.45) is 0. The number of ether oxygens (including phenoxy) is 1. The largest absolute Gasteiger partial charge is 0.481 e. The van der Waals surface area contributed by atoms with Crippen molar-refractivity contribution in [2.24, 2.45) is 5.92 Å². The molecule has 1 N–H and O–H groups in total. The standard InChI is InChI=1S/C18H16BrFN2O3/c19-13-4-3-5-14(8-13)21-18(24)12-9-22(10-12)17(23)11-25-16-7-2-1-6-15(16)20/h1-8,12H,9-11H2,(H,21,24). The molecule has 25 heavy (non-hydrogen) atoms. The van der Waals surface area contributed by atoms with Gasteiger partial charge in [0.2, 0.25) is 5.91 Å². The molecule has 0 aromatic heterocycles. The molecule has 0 atom stereocenters. The number of rotatable bonds is 5. The van der Waals surface area contributed by atoms with Crippen LogP contribution in [0, 0.1) is 11.7 Å². The molecular weight excluding hydrogens is 391 g/mol. The summed E-state index contributed by atoms with van der Waals surface area (Å²) in [6.45, 7) is 0.416. The summed E-state index contributed by atoms with van der Waals surface area (Å²) < 4.78 is 19.5. The van der Waals surface area contributed by atoms with E-state index in [-0.39, 0.29) is 30.1 Å². The van der Waals surface area contributed by atoms with Gasteiger partial charge in [-0.3, -0.25) is 9.59 Å². The van der Waals surface area contributed by atoms with Gasteiger partial charge < -0.3 is 15.0 Å². The average Bonchev–Trinajstić information content (AvgIpc) is 2.52. The van der Waals surface area contributed by atoms with Crippen molar-refractivity contribution in [2.75, 3.05) is 25.0 Å². The van der Waals surface area contributed by atoms with Crippen molar-refractivity contribution in [1.29, 1.82) is 0 Å². The fourth-order valence-corrected chi connectivity index (χ4v) is 2.85. The van der Waals surface area contributed by atoms with Crippen LogP contribution in [0.15, 0.2) is 53.0 Å². The van der Waals surface area contributed by atoms with Crippen LogP contribution in [0.2, 0.25) is 0 Å². The molecule has 0 bridgehead atoms. The summed E-state index contributed by atoms with van der Waals surface area (Å²) in [7, 11) is 0. The van der Waals surface area contributed by atoms with Crippen LogP contribution in [0.5, 0.6) is 5.75 Å². The van der Waals surface area contributed by atoms with Crippen LogP contribution in [0.4, 0.5) is 10.1 Å². The third kappa shape index (κ3) is 4.36. The summed E-state index contributed by atoms with van der Waals surface area (Å²) in [5, 5.41) is 2.82. The van der Waals surface area contributed by atoms with Gasteiger partial charge in [0.1, 0.15) is 0 Å². The first-order valence-corrected chi connectivity index (χ1v) is 8.54. The molecule has 130 valence electrons. The molecule has 0 unspecified atom stereocenters. The third-order valence-corrected chi connectivity index (χ3v) is 4.38. The van der Waals surface area contributed by atoms with Crippen LogP contribution >= 0.6 is 15.9 Å². The lowest BCUT2D eigenvalue weighted by atomic mass is 9.99. The van der Waals surface area contributed by atoms with Gasteiger partial charge in [-0.25, -0.2) is 4.39 Å². The Hall–Kier alpha value is -2.41. The molecule has 3 rings (SSSR count). The van der Waals surface area contributed by atoms with E-state index < -0.39 is 5.82 Å². The topological polar surface area (TPSA) is 58.6 Å². The Balaban J connectivity index is 1.44. The molecule has 2 aromatic carbocycles. The number of carbonyl (C=O) groups excluding carboxylic acids is 2. The van der Waals surface area contributed by atoms with Crippen LogP contribution in [0.3, 0.4) is 0 Å². The molecule has 2 amide bonds. The lowest BCUT2D eigenvalue weighted by molar-refractivity contribution is -0.143. The Morgan fingerprint density at radius 1 is 1.20 bits per heavy atom. The van der Waals surface area contributed by atoms with Crippen molar-refractivity contribution in [3.63, 3.8) is 0 Å². The van der Waals surface area contributed by atoms with Gasteiger partial charge in [-0.1, -0.05) is 34.1 Å². The minimum atomic E-state index is -0.509. The van der Waals surface area contributed by atoms with Gasteiger partial charge in [-0.15, -0.1) is 0 Å². The van der Waals surface area contributed by atoms with Crippen LogP contribution in [-0.2, 0) is 9.59 Å². The third-order valence-electron chi connectivity index (χ3n) is 3.88. The predicted molar refractivity (Wildman–Crippen MR) is 94.7 cm³/mol. The summed E-state index contributed by atoms with van der Waals surface area (Å²) in [5.74, 6) is -1.12. The Morgan fingerprint density at radius 3 is 2.68 bits per heavy atom. The minimum Gasteiger partial charge on any atom is -0.481 e. The molecule has 2 aromatic rings. The zero-order valence-electron chi connectivity index (χ0n) is 13.2. The first kappa shape index (κ1) is 17.4. The van der Waals surface area contributed by atoms with Gasteiger partial charge in [0.25, 0.3) is 5.91 Å². The maximum atomic E-state index is 13.4. The van der Waals surface area contributed by atoms with E-state index in [1.807, 2.05) is 18.2 Å². The van der Waals surface area contributed by atoms with E-state index in [9.17, 15) is 14.0 Å². The fraction of sp³-hybridized carbons (Fsp3) is 0.222. The number of anilines is 1. The fourth-order valence-electron chi connectivity index (χ4n) is 2.45. The molecule has 1 aliphatic rings. The molecule has 0 radical (unpaired) electrons. The normalized spacial score (nSPS) is 13.9. The van der Waals surface area contributed by atoms with E-state index >= 15 is 0 Å². The highest BCUT2D eigenvalue weighted by Gasteiger charge is 2.35. The van der Waals surface area contributed by atoms with Crippen molar-refractivity contribution in [3.05, 3.63) is 58.8 Å². The number of benzene rings is 2. The van der Waals surface area contributed by atoms with Crippen LogP contribution in [-0.4, -0.2) is 36.4 Å². The number of likely N-dealkylation sites (tertiary alicyclic amines) is 1. The van der Waals surface area contributed by atoms with E-state index in [2.05, 4.69) is 21.2 Å². The molecule has 0 saturated carbocycles. The second-order valence-corrected chi connectivity index (χ2v) is 6.63. The number of para-hydroxylation sites is 1. The van der Waals surface area contributed by atoms with Gasteiger partial charge in [0.15, 0.2) is 18.2 Å². The molecule has 0 spiro atoms. The van der Waals surface area contributed by atoms with Gasteiger partial charge in [0, 0.05) is 23.2 Å². The number of carbonyl (C=O) groups is 2. The number of nitrogens with zero attached hydrogens (tertiary/aromatic N) is 1. The zero-order valence-corrected chi connectivity index (χ0v) is 14.8. The maximum Gasteiger partial charge on any atom is 0.260 e. The van der Waals surface area contributed by atoms with E-state index in [1.165, 1.54) is 17.0 Å². The number of hydrogen-bond acceptors (Lipinski definition) is 3. The second kappa shape index (κ2) is 7.65. The summed E-state index contributed by atoms with van der Waals surface area (Å²) in [4.78, 5) is 25.7. The van der Waals surface area contributed by atoms with Crippen molar-refractivity contribution in [3.8, 4) is 5.75 Å². The monoisotopic (exact) mass is 406 g/mol. The van der Waals surface area contributed by atoms with E-state index in [0.717, 1.165) is 4.47 Å². The molecule has 7 heteroatoms. The highest BCUT2D eigenvalue weighted by atomic mass is 79.9. The van der Waals surface area contributed by atoms with E-state index in [0.29, 0.717) is 18.8 Å². The lowest BCUT2D eigenvalue weighted by Crippen LogP contribution is -2.55. The van der Waals surface area contributed by atoms with Crippen LogP contribution in [0.25, 0.3) is 0 Å². The van der Waals surface area contributed by atoms with Crippen LogP contribution in [0.1, 0.15) is 0 Å². The van der Waals surface area contributed by atoms with Gasteiger partial charge in [-0.05, 0) is 30.3 Å². The molecular formula is C18H16BrFN2O3. The molecule has 1 fully saturated rings. The van der Waals surface area contributed by atoms with E-state index in [4.69, 9.17) is 4.74 Å². The van der Waals surface area contributed by atoms with Gasteiger partial charge in [0.05, 0.1) is 5.92 Å². The predicted octanol–water partition coefficient (Wildman–Crippen LogP) is 3.06. The maximum absolute atomic E-state index is 13.4. The summed E-state index contributed by atoms with van der Waals surface area (Å²) in [6, 6.07) is 13.2. The van der Waals surface area contributed by atoms with Gasteiger partial charge >= 0.3 is 0 Å². The SMILES string of the molecule is O=C(Nc1cccc(Br)c1)C1CN(C(=O)COc2ccccc2F)C1. The minimum absolute atomic E-state index is 0.0420. The Kier molecular flexibility index (Phi) is 5.33. The lowest BCUT2D eigenvalue weighted by Gasteiger charge is -2.38. The molecule has 0 aliphatic carbocycles. The smallest absolute Gasteiger partial charge is 0.260 e. The summed E-state index contributed by atoms with van der Waals surface area (Å²) >= 11 is 3.35. The van der Waals surface area contributed by atoms with Crippen molar-refractivity contribution >= 4 is 33.4 Å². The highest BCUT2D eigenvalue weighted by molar-refractivity contribution is 9.10. The highest BCUT2D eigenvalue weighted by Crippen LogP contribution is 2.21. The first-order valence-electron chi connectivity index (χ1n) is 7.74. The molecule has 1 aliphatic heterocycles. The van der Waals surface area contributed by atoms with Crippen molar-refractivity contribution in [2.45, 2.75) is 0 Å². The number of halogens is 2. The van der Waals surface area contributed by atoms with Gasteiger partial charge in [-0.2, -0.15) is 0 Å². The Bertz CT molecular complexity index is 793. The molecule has 1 heterocycles.